The smallest absolute Gasteiger partial charge is 0.408 e. The molecule has 0 fully saturated rings. The van der Waals surface area contributed by atoms with Crippen LogP contribution < -0.4 is 5.32 Å². The lowest BCUT2D eigenvalue weighted by molar-refractivity contribution is -0.139. The highest BCUT2D eigenvalue weighted by atomic mass is 35.5. The molecule has 0 aliphatic heterocycles. The zero-order chi connectivity index (χ0) is 17.1. The van der Waals surface area contributed by atoms with Crippen molar-refractivity contribution in [2.75, 3.05) is 0 Å². The summed E-state index contributed by atoms with van der Waals surface area (Å²) in [6, 6.07) is 1.73. The quantitative estimate of drug-likeness (QED) is 0.782. The van der Waals surface area contributed by atoms with E-state index in [1.165, 1.54) is 12.1 Å². The first kappa shape index (κ1) is 18.9. The van der Waals surface area contributed by atoms with Gasteiger partial charge in [0, 0.05) is 11.4 Å². The number of ether oxygens (including phenoxy) is 1. The van der Waals surface area contributed by atoms with Crippen molar-refractivity contribution in [1.82, 2.24) is 5.32 Å². The average Bonchev–Trinajstić information content (AvgIpc) is 2.31. The van der Waals surface area contributed by atoms with E-state index < -0.39 is 23.7 Å². The molecular formula is C14H16Cl3NO4. The fourth-order valence-electron chi connectivity index (χ4n) is 1.63. The SMILES string of the molecule is CC(C)(C)OC(=O)NC(Cc1cc(Cl)cc(Cl)c1Cl)C(=O)O. The van der Waals surface area contributed by atoms with Gasteiger partial charge in [0.05, 0.1) is 10.0 Å². The standard InChI is InChI=1S/C14H16Cl3NO4/c1-14(2,3)22-13(21)18-10(12(19)20)5-7-4-8(15)6-9(16)11(7)17/h4,6,10H,5H2,1-3H3,(H,18,21)(H,19,20). The Morgan fingerprint density at radius 1 is 1.27 bits per heavy atom. The summed E-state index contributed by atoms with van der Waals surface area (Å²) in [4.78, 5) is 23.0. The normalized spacial score (nSPS) is 12.6. The van der Waals surface area contributed by atoms with Crippen molar-refractivity contribution in [3.8, 4) is 0 Å². The molecule has 122 valence electrons. The Bertz CT molecular complexity index is 584. The number of alkyl carbamates (subject to hydrolysis) is 1. The summed E-state index contributed by atoms with van der Waals surface area (Å²) < 4.78 is 5.04. The molecule has 5 nitrogen and oxygen atoms in total. The third-order valence-electron chi connectivity index (χ3n) is 2.48. The van der Waals surface area contributed by atoms with Crippen molar-refractivity contribution in [3.63, 3.8) is 0 Å². The van der Waals surface area contributed by atoms with Crippen molar-refractivity contribution >= 4 is 46.9 Å². The van der Waals surface area contributed by atoms with Gasteiger partial charge in [0.25, 0.3) is 0 Å². The Balaban J connectivity index is 2.90. The van der Waals surface area contributed by atoms with Crippen LogP contribution >= 0.6 is 34.8 Å². The number of hydrogen-bond acceptors (Lipinski definition) is 3. The van der Waals surface area contributed by atoms with Gasteiger partial charge in [0.15, 0.2) is 0 Å². The predicted molar refractivity (Wildman–Crippen MR) is 86.0 cm³/mol. The maximum atomic E-state index is 11.7. The summed E-state index contributed by atoms with van der Waals surface area (Å²) in [6.45, 7) is 5.03. The van der Waals surface area contributed by atoms with Crippen LogP contribution in [-0.4, -0.2) is 28.8 Å². The molecule has 2 N–H and O–H groups in total. The summed E-state index contributed by atoms with van der Waals surface area (Å²) in [7, 11) is 0. The lowest BCUT2D eigenvalue weighted by Gasteiger charge is -2.22. The summed E-state index contributed by atoms with van der Waals surface area (Å²) in [5, 5.41) is 12.2. The Morgan fingerprint density at radius 3 is 2.36 bits per heavy atom. The van der Waals surface area contributed by atoms with Gasteiger partial charge in [-0.15, -0.1) is 0 Å². The molecule has 1 atom stereocenters. The van der Waals surface area contributed by atoms with Crippen LogP contribution in [-0.2, 0) is 16.0 Å². The van der Waals surface area contributed by atoms with Gasteiger partial charge in [0.1, 0.15) is 11.6 Å². The first-order valence-corrected chi connectivity index (χ1v) is 7.48. The summed E-state index contributed by atoms with van der Waals surface area (Å²) >= 11 is 17.8. The lowest BCUT2D eigenvalue weighted by atomic mass is 10.1. The van der Waals surface area contributed by atoms with Gasteiger partial charge in [-0.05, 0) is 38.5 Å². The minimum absolute atomic E-state index is 0.0757. The van der Waals surface area contributed by atoms with Crippen molar-refractivity contribution < 1.29 is 19.4 Å². The molecule has 0 saturated carbocycles. The number of carbonyl (C=O) groups excluding carboxylic acids is 1. The monoisotopic (exact) mass is 367 g/mol. The van der Waals surface area contributed by atoms with E-state index in [1.807, 2.05) is 0 Å². The van der Waals surface area contributed by atoms with Gasteiger partial charge in [-0.25, -0.2) is 9.59 Å². The molecule has 1 aromatic rings. The van der Waals surface area contributed by atoms with Crippen LogP contribution in [0.1, 0.15) is 26.3 Å². The van der Waals surface area contributed by atoms with Crippen LogP contribution in [0.4, 0.5) is 4.79 Å². The molecular weight excluding hydrogens is 353 g/mol. The van der Waals surface area contributed by atoms with Crippen molar-refractivity contribution in [2.45, 2.75) is 38.8 Å². The first-order valence-electron chi connectivity index (χ1n) is 6.35. The van der Waals surface area contributed by atoms with Gasteiger partial charge in [0.2, 0.25) is 0 Å². The maximum absolute atomic E-state index is 11.7. The number of aliphatic carboxylic acids is 1. The maximum Gasteiger partial charge on any atom is 0.408 e. The number of nitrogens with one attached hydrogen (secondary N) is 1. The fraction of sp³-hybridized carbons (Fsp3) is 0.429. The molecule has 0 aromatic heterocycles. The Labute approximate surface area is 143 Å². The number of carbonyl (C=O) groups is 2. The molecule has 1 aromatic carbocycles. The van der Waals surface area contributed by atoms with E-state index in [2.05, 4.69) is 5.32 Å². The van der Waals surface area contributed by atoms with Crippen LogP contribution in [0.5, 0.6) is 0 Å². The molecule has 0 radical (unpaired) electrons. The molecule has 0 heterocycles. The first-order chi connectivity index (χ1) is 9.99. The number of carboxylic acids is 1. The number of carboxylic acid groups (broad SMARTS) is 1. The van der Waals surface area contributed by atoms with Crippen LogP contribution in [0.2, 0.25) is 15.1 Å². The van der Waals surface area contributed by atoms with Crippen LogP contribution in [0.15, 0.2) is 12.1 Å². The van der Waals surface area contributed by atoms with Crippen LogP contribution in [0, 0.1) is 0 Å². The van der Waals surface area contributed by atoms with E-state index >= 15 is 0 Å². The molecule has 0 aliphatic carbocycles. The van der Waals surface area contributed by atoms with Crippen LogP contribution in [0.25, 0.3) is 0 Å². The summed E-state index contributed by atoms with van der Waals surface area (Å²) in [5.74, 6) is -1.22. The van der Waals surface area contributed by atoms with Gasteiger partial charge in [-0.3, -0.25) is 0 Å². The van der Waals surface area contributed by atoms with Crippen molar-refractivity contribution in [2.24, 2.45) is 0 Å². The second kappa shape index (κ2) is 7.40. The zero-order valence-electron chi connectivity index (χ0n) is 12.2. The topological polar surface area (TPSA) is 75.6 Å². The largest absolute Gasteiger partial charge is 0.480 e. The molecule has 0 aliphatic rings. The van der Waals surface area contributed by atoms with Gasteiger partial charge < -0.3 is 15.2 Å². The number of halogens is 3. The second-order valence-electron chi connectivity index (χ2n) is 5.60. The Kier molecular flexibility index (Phi) is 6.35. The number of hydrogen-bond donors (Lipinski definition) is 2. The summed E-state index contributed by atoms with van der Waals surface area (Å²) in [6.07, 6.45) is -0.905. The number of benzene rings is 1. The Morgan fingerprint density at radius 2 is 1.86 bits per heavy atom. The third-order valence-corrected chi connectivity index (χ3v) is 3.54. The number of rotatable bonds is 4. The number of amides is 1. The zero-order valence-corrected chi connectivity index (χ0v) is 14.5. The minimum atomic E-state index is -1.22. The molecule has 1 unspecified atom stereocenters. The van der Waals surface area contributed by atoms with Gasteiger partial charge in [-0.1, -0.05) is 34.8 Å². The summed E-state index contributed by atoms with van der Waals surface area (Å²) in [5.41, 5.74) is -0.313. The third kappa shape index (κ3) is 5.91. The molecule has 1 amide bonds. The molecule has 0 spiro atoms. The predicted octanol–water partition coefficient (Wildman–Crippen LogP) is 4.17. The highest BCUT2D eigenvalue weighted by Crippen LogP contribution is 2.30. The fourth-order valence-corrected chi connectivity index (χ4v) is 2.35. The van der Waals surface area contributed by atoms with Crippen LogP contribution in [0.3, 0.4) is 0 Å². The van der Waals surface area contributed by atoms with E-state index in [-0.39, 0.29) is 16.5 Å². The average molecular weight is 369 g/mol. The minimum Gasteiger partial charge on any atom is -0.480 e. The van der Waals surface area contributed by atoms with E-state index in [4.69, 9.17) is 39.5 Å². The lowest BCUT2D eigenvalue weighted by Crippen LogP contribution is -2.44. The van der Waals surface area contributed by atoms with E-state index in [0.29, 0.717) is 10.6 Å². The highest BCUT2D eigenvalue weighted by Gasteiger charge is 2.25. The second-order valence-corrected chi connectivity index (χ2v) is 6.82. The van der Waals surface area contributed by atoms with E-state index in [0.717, 1.165) is 0 Å². The molecule has 1 rings (SSSR count). The Hall–Kier alpha value is -1.17. The molecule has 0 saturated heterocycles. The molecule has 8 heteroatoms. The van der Waals surface area contributed by atoms with Gasteiger partial charge in [-0.2, -0.15) is 0 Å². The van der Waals surface area contributed by atoms with E-state index in [9.17, 15) is 14.7 Å². The van der Waals surface area contributed by atoms with E-state index in [1.54, 1.807) is 20.8 Å². The van der Waals surface area contributed by atoms with Gasteiger partial charge >= 0.3 is 12.1 Å². The highest BCUT2D eigenvalue weighted by molar-refractivity contribution is 6.43. The van der Waals surface area contributed by atoms with Crippen molar-refractivity contribution in [3.05, 3.63) is 32.8 Å². The molecule has 0 bridgehead atoms. The molecule has 22 heavy (non-hydrogen) atoms. The van der Waals surface area contributed by atoms with Crippen molar-refractivity contribution in [1.29, 1.82) is 0 Å².